The summed E-state index contributed by atoms with van der Waals surface area (Å²) in [5, 5.41) is 0.366. The van der Waals surface area contributed by atoms with E-state index in [4.69, 9.17) is 16.3 Å². The number of esters is 1. The molecule has 0 N–H and O–H groups in total. The highest BCUT2D eigenvalue weighted by molar-refractivity contribution is 7.98. The van der Waals surface area contributed by atoms with Crippen LogP contribution < -0.4 is 0 Å². The molecule has 4 aliphatic rings. The summed E-state index contributed by atoms with van der Waals surface area (Å²) in [5.41, 5.74) is 0.117. The molecule has 25 heavy (non-hydrogen) atoms. The predicted molar refractivity (Wildman–Crippen MR) is 99.1 cm³/mol. The summed E-state index contributed by atoms with van der Waals surface area (Å²) >= 11 is 7.66. The molecule has 0 radical (unpaired) electrons. The van der Waals surface area contributed by atoms with Gasteiger partial charge in [0.25, 0.3) is 0 Å². The molecule has 134 valence electrons. The van der Waals surface area contributed by atoms with Gasteiger partial charge in [0.15, 0.2) is 12.4 Å². The first-order chi connectivity index (χ1) is 12.0. The predicted octanol–water partition coefficient (Wildman–Crippen LogP) is 5.00. The van der Waals surface area contributed by atoms with Crippen molar-refractivity contribution in [1.29, 1.82) is 0 Å². The number of benzene rings is 1. The van der Waals surface area contributed by atoms with Crippen LogP contribution in [0.1, 0.15) is 48.9 Å². The van der Waals surface area contributed by atoms with Crippen molar-refractivity contribution in [3.8, 4) is 0 Å². The van der Waals surface area contributed by atoms with E-state index in [2.05, 4.69) is 0 Å². The van der Waals surface area contributed by atoms with E-state index in [0.717, 1.165) is 24.2 Å². The number of rotatable bonds is 5. The fraction of sp³-hybridized carbons (Fsp3) is 0.600. The number of hydrogen-bond acceptors (Lipinski definition) is 4. The molecule has 4 bridgehead atoms. The Hall–Kier alpha value is -1.00. The Morgan fingerprint density at radius 3 is 2.32 bits per heavy atom. The molecule has 0 aromatic heterocycles. The van der Waals surface area contributed by atoms with Crippen LogP contribution in [-0.2, 0) is 9.53 Å². The van der Waals surface area contributed by atoms with Gasteiger partial charge < -0.3 is 4.74 Å². The Kier molecular flexibility index (Phi) is 4.61. The van der Waals surface area contributed by atoms with Crippen molar-refractivity contribution in [1.82, 2.24) is 0 Å². The van der Waals surface area contributed by atoms with E-state index in [0.29, 0.717) is 28.3 Å². The molecular formula is C20H23ClO3S. The standard InChI is InChI=1S/C20H23ClO3S/c1-25-15-2-3-17(21)16(7-15)19(23)24-11-18(22)20-8-12-4-13(9-20)6-14(5-12)10-20/h2-3,7,12-14H,4-6,8-11H2,1H3. The van der Waals surface area contributed by atoms with Gasteiger partial charge in [0.2, 0.25) is 0 Å². The van der Waals surface area contributed by atoms with Crippen molar-refractivity contribution in [2.24, 2.45) is 23.2 Å². The van der Waals surface area contributed by atoms with Gasteiger partial charge in [0, 0.05) is 10.3 Å². The second-order valence-corrected chi connectivity index (χ2v) is 9.33. The van der Waals surface area contributed by atoms with Crippen LogP contribution in [0.2, 0.25) is 5.02 Å². The highest BCUT2D eigenvalue weighted by Gasteiger charge is 2.54. The third-order valence-electron chi connectivity index (χ3n) is 6.36. The summed E-state index contributed by atoms with van der Waals surface area (Å²) in [6.07, 6.45) is 8.82. The quantitative estimate of drug-likeness (QED) is 0.534. The maximum Gasteiger partial charge on any atom is 0.340 e. The van der Waals surface area contributed by atoms with E-state index in [1.807, 2.05) is 12.3 Å². The first-order valence-corrected chi connectivity index (χ1v) is 10.6. The van der Waals surface area contributed by atoms with Gasteiger partial charge >= 0.3 is 5.97 Å². The molecule has 0 heterocycles. The third kappa shape index (κ3) is 3.23. The van der Waals surface area contributed by atoms with Crippen molar-refractivity contribution >= 4 is 35.1 Å². The van der Waals surface area contributed by atoms with Crippen LogP contribution in [0.3, 0.4) is 0 Å². The van der Waals surface area contributed by atoms with Gasteiger partial charge in [-0.15, -0.1) is 11.8 Å². The molecule has 4 aliphatic carbocycles. The molecular weight excluding hydrogens is 356 g/mol. The number of thioether (sulfide) groups is 1. The van der Waals surface area contributed by atoms with Crippen LogP contribution in [0, 0.1) is 23.2 Å². The fourth-order valence-electron chi connectivity index (χ4n) is 5.60. The van der Waals surface area contributed by atoms with E-state index in [1.165, 1.54) is 31.0 Å². The SMILES string of the molecule is CSc1ccc(Cl)c(C(=O)OCC(=O)C23CC4CC(CC(C4)C2)C3)c1. The van der Waals surface area contributed by atoms with Crippen molar-refractivity contribution in [3.63, 3.8) is 0 Å². The van der Waals surface area contributed by atoms with Crippen LogP contribution in [-0.4, -0.2) is 24.6 Å². The number of carbonyl (C=O) groups is 2. The molecule has 3 nitrogen and oxygen atoms in total. The van der Waals surface area contributed by atoms with Crippen LogP contribution in [0.4, 0.5) is 0 Å². The zero-order valence-corrected chi connectivity index (χ0v) is 16.0. The second-order valence-electron chi connectivity index (χ2n) is 8.04. The molecule has 5 heteroatoms. The molecule has 0 spiro atoms. The van der Waals surface area contributed by atoms with Crippen LogP contribution in [0.25, 0.3) is 0 Å². The highest BCUT2D eigenvalue weighted by Crippen LogP contribution is 2.60. The number of hydrogen-bond donors (Lipinski definition) is 0. The molecule has 1 aromatic rings. The molecule has 1 aromatic carbocycles. The van der Waals surface area contributed by atoms with E-state index < -0.39 is 5.97 Å². The summed E-state index contributed by atoms with van der Waals surface area (Å²) in [6.45, 7) is -0.120. The topological polar surface area (TPSA) is 43.4 Å². The number of Topliss-reactive ketones (excluding diaryl/α,β-unsaturated/α-hetero) is 1. The van der Waals surface area contributed by atoms with Crippen molar-refractivity contribution in [2.45, 2.75) is 43.4 Å². The summed E-state index contributed by atoms with van der Waals surface area (Å²) in [7, 11) is 0. The van der Waals surface area contributed by atoms with Gasteiger partial charge in [-0.2, -0.15) is 0 Å². The first-order valence-electron chi connectivity index (χ1n) is 9.03. The molecule has 0 unspecified atom stereocenters. The summed E-state index contributed by atoms with van der Waals surface area (Å²) < 4.78 is 5.38. The smallest absolute Gasteiger partial charge is 0.340 e. The molecule has 0 saturated heterocycles. The molecule has 0 aliphatic heterocycles. The number of halogens is 1. The lowest BCUT2D eigenvalue weighted by Gasteiger charge is -2.55. The van der Waals surface area contributed by atoms with Crippen molar-refractivity contribution < 1.29 is 14.3 Å². The maximum atomic E-state index is 12.9. The number of carbonyl (C=O) groups excluding carboxylic acids is 2. The van der Waals surface area contributed by atoms with E-state index >= 15 is 0 Å². The van der Waals surface area contributed by atoms with E-state index in [-0.39, 0.29) is 17.8 Å². The lowest BCUT2D eigenvalue weighted by Crippen LogP contribution is -2.51. The first kappa shape index (κ1) is 17.4. The highest BCUT2D eigenvalue weighted by atomic mass is 35.5. The Morgan fingerprint density at radius 2 is 1.76 bits per heavy atom. The lowest BCUT2D eigenvalue weighted by molar-refractivity contribution is -0.147. The van der Waals surface area contributed by atoms with Crippen LogP contribution in [0.15, 0.2) is 23.1 Å². The van der Waals surface area contributed by atoms with E-state index in [9.17, 15) is 9.59 Å². The minimum Gasteiger partial charge on any atom is -0.454 e. The average Bonchev–Trinajstić information content (AvgIpc) is 2.58. The third-order valence-corrected chi connectivity index (χ3v) is 7.41. The zero-order chi connectivity index (χ0) is 17.6. The molecule has 5 rings (SSSR count). The van der Waals surface area contributed by atoms with Crippen molar-refractivity contribution in [3.05, 3.63) is 28.8 Å². The number of ether oxygens (including phenoxy) is 1. The molecule has 4 saturated carbocycles. The van der Waals surface area contributed by atoms with E-state index in [1.54, 1.807) is 12.1 Å². The largest absolute Gasteiger partial charge is 0.454 e. The Labute approximate surface area is 157 Å². The van der Waals surface area contributed by atoms with Gasteiger partial charge in [-0.25, -0.2) is 4.79 Å². The Bertz CT molecular complexity index is 680. The fourth-order valence-corrected chi connectivity index (χ4v) is 6.24. The minimum absolute atomic E-state index is 0.120. The summed E-state index contributed by atoms with van der Waals surface area (Å²) in [6, 6.07) is 5.29. The van der Waals surface area contributed by atoms with Gasteiger partial charge in [-0.05, 0) is 80.7 Å². The van der Waals surface area contributed by atoms with Crippen molar-refractivity contribution in [2.75, 3.05) is 12.9 Å². The van der Waals surface area contributed by atoms with Crippen LogP contribution in [0.5, 0.6) is 0 Å². The monoisotopic (exact) mass is 378 g/mol. The van der Waals surface area contributed by atoms with Crippen LogP contribution >= 0.6 is 23.4 Å². The molecule has 4 fully saturated rings. The summed E-state index contributed by atoms with van der Waals surface area (Å²) in [4.78, 5) is 26.3. The van der Waals surface area contributed by atoms with Gasteiger partial charge in [-0.3, -0.25) is 4.79 Å². The molecule has 0 amide bonds. The Balaban J connectivity index is 1.43. The number of ketones is 1. The van der Waals surface area contributed by atoms with Gasteiger partial charge in [0.1, 0.15) is 0 Å². The van der Waals surface area contributed by atoms with Gasteiger partial charge in [-0.1, -0.05) is 11.6 Å². The maximum absolute atomic E-state index is 12.9. The zero-order valence-electron chi connectivity index (χ0n) is 14.4. The van der Waals surface area contributed by atoms with Gasteiger partial charge in [0.05, 0.1) is 10.6 Å². The normalized spacial score (nSPS) is 32.6. The Morgan fingerprint density at radius 1 is 1.16 bits per heavy atom. The molecule has 0 atom stereocenters. The minimum atomic E-state index is -0.501. The second kappa shape index (κ2) is 6.62. The summed E-state index contributed by atoms with van der Waals surface area (Å²) in [5.74, 6) is 1.74. The average molecular weight is 379 g/mol. The lowest BCUT2D eigenvalue weighted by atomic mass is 9.48.